The van der Waals surface area contributed by atoms with E-state index in [-0.39, 0.29) is 6.61 Å². The van der Waals surface area contributed by atoms with Crippen LogP contribution in [0.1, 0.15) is 46.0 Å². The molecule has 0 fully saturated rings. The summed E-state index contributed by atoms with van der Waals surface area (Å²) in [5.74, 6) is 0. The Hall–Kier alpha value is -0.860. The highest BCUT2D eigenvalue weighted by atomic mass is 16.3. The summed E-state index contributed by atoms with van der Waals surface area (Å²) in [4.78, 5) is 0. The molecule has 0 aromatic carbocycles. The minimum atomic E-state index is -0.460. The fourth-order valence-electron chi connectivity index (χ4n) is 2.11. The van der Waals surface area contributed by atoms with Gasteiger partial charge in [-0.05, 0) is 51.5 Å². The van der Waals surface area contributed by atoms with Crippen molar-refractivity contribution in [3.8, 4) is 0 Å². The van der Waals surface area contributed by atoms with E-state index in [1.807, 2.05) is 6.08 Å². The molecular weight excluding hydrogens is 212 g/mol. The SMILES string of the molecule is C/C1=C/CC/C(C)=C/CC/C(CO)=C\[C@H](O)C1. The summed E-state index contributed by atoms with van der Waals surface area (Å²) in [6.07, 6.45) is 10.4. The van der Waals surface area contributed by atoms with Gasteiger partial charge in [-0.2, -0.15) is 0 Å². The van der Waals surface area contributed by atoms with Gasteiger partial charge in [0.1, 0.15) is 0 Å². The van der Waals surface area contributed by atoms with Gasteiger partial charge >= 0.3 is 0 Å². The molecule has 17 heavy (non-hydrogen) atoms. The van der Waals surface area contributed by atoms with E-state index in [1.54, 1.807) is 0 Å². The highest BCUT2D eigenvalue weighted by Crippen LogP contribution is 2.16. The lowest BCUT2D eigenvalue weighted by Gasteiger charge is -2.11. The fourth-order valence-corrected chi connectivity index (χ4v) is 2.11. The molecule has 0 bridgehead atoms. The molecule has 0 amide bonds. The minimum absolute atomic E-state index is 0.0483. The van der Waals surface area contributed by atoms with Crippen LogP contribution in [0.25, 0.3) is 0 Å². The van der Waals surface area contributed by atoms with Crippen LogP contribution in [0.2, 0.25) is 0 Å². The molecule has 0 heterocycles. The van der Waals surface area contributed by atoms with E-state index in [1.165, 1.54) is 11.1 Å². The number of rotatable bonds is 1. The summed E-state index contributed by atoms with van der Waals surface area (Å²) in [6.45, 7) is 4.26. The molecule has 1 atom stereocenters. The first-order valence-corrected chi connectivity index (χ1v) is 6.41. The van der Waals surface area contributed by atoms with Crippen molar-refractivity contribution in [1.29, 1.82) is 0 Å². The standard InChI is InChI=1S/C15H24O2/c1-12-5-3-7-13(2)9-15(17)10-14(11-16)8-4-6-12/h6-7,10,15-17H,3-5,8-9,11H2,1-2H3/b12-6+,13-7-,14-10+/t15-/m1/s1. The fraction of sp³-hybridized carbons (Fsp3) is 0.600. The Morgan fingerprint density at radius 2 is 1.76 bits per heavy atom. The van der Waals surface area contributed by atoms with Gasteiger partial charge in [-0.1, -0.05) is 29.4 Å². The van der Waals surface area contributed by atoms with Gasteiger partial charge < -0.3 is 10.2 Å². The molecule has 0 aromatic heterocycles. The third-order valence-electron chi connectivity index (χ3n) is 3.15. The predicted octanol–water partition coefficient (Wildman–Crippen LogP) is 3.12. The first-order chi connectivity index (χ1) is 8.11. The smallest absolute Gasteiger partial charge is 0.0761 e. The molecule has 0 aromatic rings. The van der Waals surface area contributed by atoms with Crippen molar-refractivity contribution in [2.45, 2.75) is 52.1 Å². The summed E-state index contributed by atoms with van der Waals surface area (Å²) in [6, 6.07) is 0. The second-order valence-corrected chi connectivity index (χ2v) is 4.93. The second kappa shape index (κ2) is 7.46. The maximum atomic E-state index is 9.87. The van der Waals surface area contributed by atoms with E-state index in [0.717, 1.165) is 31.3 Å². The van der Waals surface area contributed by atoms with E-state index in [0.29, 0.717) is 6.42 Å². The number of allylic oxidation sites excluding steroid dienone is 3. The predicted molar refractivity (Wildman–Crippen MR) is 71.8 cm³/mol. The average Bonchev–Trinajstić information content (AvgIpc) is 2.26. The van der Waals surface area contributed by atoms with Crippen molar-refractivity contribution in [1.82, 2.24) is 0 Å². The Balaban J connectivity index is 2.78. The molecule has 0 spiro atoms. The molecule has 1 rings (SSSR count). The number of aliphatic hydroxyl groups is 2. The zero-order valence-corrected chi connectivity index (χ0v) is 10.9. The Labute approximate surface area is 104 Å². The van der Waals surface area contributed by atoms with Crippen molar-refractivity contribution in [2.24, 2.45) is 0 Å². The van der Waals surface area contributed by atoms with Crippen LogP contribution in [0.15, 0.2) is 34.9 Å². The van der Waals surface area contributed by atoms with Gasteiger partial charge in [0.25, 0.3) is 0 Å². The van der Waals surface area contributed by atoms with Crippen LogP contribution in [0.3, 0.4) is 0 Å². The summed E-state index contributed by atoms with van der Waals surface area (Å²) in [5, 5.41) is 19.1. The van der Waals surface area contributed by atoms with Crippen LogP contribution in [0.4, 0.5) is 0 Å². The highest BCUT2D eigenvalue weighted by molar-refractivity contribution is 5.13. The molecule has 2 heteroatoms. The largest absolute Gasteiger partial charge is 0.392 e. The van der Waals surface area contributed by atoms with Gasteiger partial charge in [0, 0.05) is 0 Å². The first-order valence-electron chi connectivity index (χ1n) is 6.41. The molecule has 0 saturated carbocycles. The van der Waals surface area contributed by atoms with Crippen LogP contribution in [0.5, 0.6) is 0 Å². The lowest BCUT2D eigenvalue weighted by atomic mass is 10.00. The Morgan fingerprint density at radius 1 is 1.12 bits per heavy atom. The Morgan fingerprint density at radius 3 is 2.47 bits per heavy atom. The third-order valence-corrected chi connectivity index (χ3v) is 3.15. The number of hydrogen-bond acceptors (Lipinski definition) is 2. The number of hydrogen-bond donors (Lipinski definition) is 2. The average molecular weight is 236 g/mol. The molecule has 1 aliphatic carbocycles. The van der Waals surface area contributed by atoms with E-state index < -0.39 is 6.10 Å². The minimum Gasteiger partial charge on any atom is -0.392 e. The first kappa shape index (κ1) is 14.2. The Bertz CT molecular complexity index is 324. The second-order valence-electron chi connectivity index (χ2n) is 4.93. The molecule has 0 radical (unpaired) electrons. The normalized spacial score (nSPS) is 33.2. The molecule has 0 aliphatic heterocycles. The quantitative estimate of drug-likeness (QED) is 0.687. The van der Waals surface area contributed by atoms with Crippen LogP contribution in [0, 0.1) is 0 Å². The number of aliphatic hydroxyl groups excluding tert-OH is 2. The van der Waals surface area contributed by atoms with Gasteiger partial charge in [0.05, 0.1) is 12.7 Å². The molecular formula is C15H24O2. The van der Waals surface area contributed by atoms with Gasteiger partial charge in [-0.25, -0.2) is 0 Å². The zero-order valence-electron chi connectivity index (χ0n) is 10.9. The maximum absolute atomic E-state index is 9.87. The molecule has 1 aliphatic rings. The molecule has 96 valence electrons. The van der Waals surface area contributed by atoms with Gasteiger partial charge in [-0.15, -0.1) is 0 Å². The van der Waals surface area contributed by atoms with Crippen LogP contribution >= 0.6 is 0 Å². The van der Waals surface area contributed by atoms with Crippen molar-refractivity contribution in [3.63, 3.8) is 0 Å². The van der Waals surface area contributed by atoms with Gasteiger partial charge in [0.15, 0.2) is 0 Å². The molecule has 2 N–H and O–H groups in total. The highest BCUT2D eigenvalue weighted by Gasteiger charge is 2.05. The van der Waals surface area contributed by atoms with Crippen LogP contribution < -0.4 is 0 Å². The van der Waals surface area contributed by atoms with E-state index in [4.69, 9.17) is 0 Å². The van der Waals surface area contributed by atoms with Crippen LogP contribution in [-0.2, 0) is 0 Å². The maximum Gasteiger partial charge on any atom is 0.0761 e. The van der Waals surface area contributed by atoms with E-state index in [2.05, 4.69) is 26.0 Å². The van der Waals surface area contributed by atoms with Gasteiger partial charge in [0.2, 0.25) is 0 Å². The molecule has 0 saturated heterocycles. The lowest BCUT2D eigenvalue weighted by molar-refractivity contribution is 0.219. The van der Waals surface area contributed by atoms with Crippen molar-refractivity contribution < 1.29 is 10.2 Å². The van der Waals surface area contributed by atoms with E-state index >= 15 is 0 Å². The monoisotopic (exact) mass is 236 g/mol. The topological polar surface area (TPSA) is 40.5 Å². The summed E-state index contributed by atoms with van der Waals surface area (Å²) >= 11 is 0. The summed E-state index contributed by atoms with van der Waals surface area (Å²) in [7, 11) is 0. The van der Waals surface area contributed by atoms with E-state index in [9.17, 15) is 10.2 Å². The lowest BCUT2D eigenvalue weighted by Crippen LogP contribution is -2.06. The molecule has 2 nitrogen and oxygen atoms in total. The third kappa shape index (κ3) is 5.85. The van der Waals surface area contributed by atoms with Gasteiger partial charge in [-0.3, -0.25) is 0 Å². The zero-order chi connectivity index (χ0) is 12.7. The summed E-state index contributed by atoms with van der Waals surface area (Å²) in [5.41, 5.74) is 3.57. The summed E-state index contributed by atoms with van der Waals surface area (Å²) < 4.78 is 0. The Kier molecular flexibility index (Phi) is 6.23. The van der Waals surface area contributed by atoms with Crippen molar-refractivity contribution in [3.05, 3.63) is 34.9 Å². The van der Waals surface area contributed by atoms with Crippen molar-refractivity contribution in [2.75, 3.05) is 6.61 Å². The van der Waals surface area contributed by atoms with Crippen LogP contribution in [-0.4, -0.2) is 22.9 Å². The molecule has 0 unspecified atom stereocenters. The van der Waals surface area contributed by atoms with Crippen molar-refractivity contribution >= 4 is 0 Å².